The number of benzene rings is 1. The molecule has 106 valence electrons. The minimum absolute atomic E-state index is 0.269. The molecule has 0 unspecified atom stereocenters. The lowest BCUT2D eigenvalue weighted by Crippen LogP contribution is -2.06. The molecule has 1 aliphatic rings. The molecular formula is C15H17BrFN3. The lowest BCUT2D eigenvalue weighted by Gasteiger charge is -2.07. The predicted octanol–water partition coefficient (Wildman–Crippen LogP) is 4.32. The number of nitrogens with two attached hydrogens (primary N) is 1. The van der Waals surface area contributed by atoms with Crippen LogP contribution in [0.5, 0.6) is 0 Å². The standard InChI is InChI=1S/C15H17BrFN3/c1-2-7-20-14(18)13(19-15(20)9-3-4-9)11-6-5-10(17)8-12(11)16/h5-6,8-9H,2-4,7,18H2,1H3. The Morgan fingerprint density at radius 2 is 2.20 bits per heavy atom. The van der Waals surface area contributed by atoms with Crippen molar-refractivity contribution in [1.29, 1.82) is 0 Å². The Bertz CT molecular complexity index is 647. The Morgan fingerprint density at radius 3 is 2.80 bits per heavy atom. The van der Waals surface area contributed by atoms with E-state index < -0.39 is 0 Å². The highest BCUT2D eigenvalue weighted by molar-refractivity contribution is 9.10. The van der Waals surface area contributed by atoms with Crippen molar-refractivity contribution in [2.75, 3.05) is 5.73 Å². The molecule has 2 N–H and O–H groups in total. The van der Waals surface area contributed by atoms with Gasteiger partial charge in [0.2, 0.25) is 0 Å². The molecule has 0 spiro atoms. The van der Waals surface area contributed by atoms with Gasteiger partial charge in [-0.2, -0.15) is 0 Å². The molecule has 0 aliphatic heterocycles. The number of nitrogens with zero attached hydrogens (tertiary/aromatic N) is 2. The number of anilines is 1. The molecule has 0 amide bonds. The summed E-state index contributed by atoms with van der Waals surface area (Å²) in [5.41, 5.74) is 7.89. The van der Waals surface area contributed by atoms with Gasteiger partial charge in [0.1, 0.15) is 23.2 Å². The van der Waals surface area contributed by atoms with Crippen LogP contribution in [0.4, 0.5) is 10.2 Å². The van der Waals surface area contributed by atoms with E-state index in [1.54, 1.807) is 6.07 Å². The van der Waals surface area contributed by atoms with Crippen LogP contribution in [0, 0.1) is 5.82 Å². The Hall–Kier alpha value is -1.36. The molecule has 0 saturated heterocycles. The minimum atomic E-state index is -0.269. The fraction of sp³-hybridized carbons (Fsp3) is 0.400. The van der Waals surface area contributed by atoms with Gasteiger partial charge >= 0.3 is 0 Å². The lowest BCUT2D eigenvalue weighted by atomic mass is 10.1. The number of nitrogen functional groups attached to an aromatic ring is 1. The second-order valence-electron chi connectivity index (χ2n) is 5.25. The van der Waals surface area contributed by atoms with Crippen molar-refractivity contribution in [3.63, 3.8) is 0 Å². The first-order valence-corrected chi connectivity index (χ1v) is 7.72. The average molecular weight is 338 g/mol. The zero-order chi connectivity index (χ0) is 14.3. The molecule has 1 heterocycles. The highest BCUT2D eigenvalue weighted by Gasteiger charge is 2.31. The zero-order valence-corrected chi connectivity index (χ0v) is 13.0. The van der Waals surface area contributed by atoms with Crippen molar-refractivity contribution in [3.8, 4) is 11.3 Å². The number of hydrogen-bond donors (Lipinski definition) is 1. The molecule has 0 radical (unpaired) electrons. The minimum Gasteiger partial charge on any atom is -0.383 e. The van der Waals surface area contributed by atoms with Gasteiger partial charge in [-0.05, 0) is 53.4 Å². The van der Waals surface area contributed by atoms with Crippen LogP contribution in [-0.2, 0) is 6.54 Å². The maximum atomic E-state index is 13.2. The van der Waals surface area contributed by atoms with Gasteiger partial charge in [-0.25, -0.2) is 9.37 Å². The third kappa shape index (κ3) is 2.35. The quantitative estimate of drug-likeness (QED) is 0.902. The van der Waals surface area contributed by atoms with E-state index in [-0.39, 0.29) is 5.82 Å². The molecule has 1 aromatic carbocycles. The van der Waals surface area contributed by atoms with Crippen molar-refractivity contribution in [1.82, 2.24) is 9.55 Å². The first-order chi connectivity index (χ1) is 9.61. The summed E-state index contributed by atoms with van der Waals surface area (Å²) in [7, 11) is 0. The normalized spacial score (nSPS) is 14.8. The average Bonchev–Trinajstić information content (AvgIpc) is 3.19. The molecule has 1 saturated carbocycles. The lowest BCUT2D eigenvalue weighted by molar-refractivity contribution is 0.627. The SMILES string of the molecule is CCCn1c(C2CC2)nc(-c2ccc(F)cc2Br)c1N. The number of hydrogen-bond acceptors (Lipinski definition) is 2. The molecule has 1 fully saturated rings. The van der Waals surface area contributed by atoms with Crippen molar-refractivity contribution in [2.45, 2.75) is 38.6 Å². The second kappa shape index (κ2) is 5.20. The van der Waals surface area contributed by atoms with E-state index in [2.05, 4.69) is 27.4 Å². The Morgan fingerprint density at radius 1 is 1.45 bits per heavy atom. The summed E-state index contributed by atoms with van der Waals surface area (Å²) in [6, 6.07) is 4.62. The van der Waals surface area contributed by atoms with Gasteiger partial charge in [0.05, 0.1) is 0 Å². The van der Waals surface area contributed by atoms with Crippen molar-refractivity contribution in [3.05, 3.63) is 34.3 Å². The summed E-state index contributed by atoms with van der Waals surface area (Å²) < 4.78 is 16.0. The molecule has 5 heteroatoms. The molecule has 1 aromatic heterocycles. The predicted molar refractivity (Wildman–Crippen MR) is 82.0 cm³/mol. The van der Waals surface area contributed by atoms with E-state index in [9.17, 15) is 4.39 Å². The summed E-state index contributed by atoms with van der Waals surface area (Å²) in [5, 5.41) is 0. The van der Waals surface area contributed by atoms with Crippen LogP contribution >= 0.6 is 15.9 Å². The summed E-state index contributed by atoms with van der Waals surface area (Å²) in [6.07, 6.45) is 3.39. The number of rotatable bonds is 4. The van der Waals surface area contributed by atoms with Crippen LogP contribution in [0.2, 0.25) is 0 Å². The molecule has 2 aromatic rings. The van der Waals surface area contributed by atoms with Crippen LogP contribution in [-0.4, -0.2) is 9.55 Å². The number of aromatic nitrogens is 2. The summed E-state index contributed by atoms with van der Waals surface area (Å²) in [6.45, 7) is 3.01. The summed E-state index contributed by atoms with van der Waals surface area (Å²) in [4.78, 5) is 4.74. The van der Waals surface area contributed by atoms with E-state index in [0.717, 1.165) is 30.0 Å². The first-order valence-electron chi connectivity index (χ1n) is 6.93. The van der Waals surface area contributed by atoms with Gasteiger partial charge in [0, 0.05) is 22.5 Å². The van der Waals surface area contributed by atoms with Crippen LogP contribution < -0.4 is 5.73 Å². The largest absolute Gasteiger partial charge is 0.383 e. The molecular weight excluding hydrogens is 321 g/mol. The second-order valence-corrected chi connectivity index (χ2v) is 6.11. The van der Waals surface area contributed by atoms with Gasteiger partial charge in [-0.1, -0.05) is 6.92 Å². The summed E-state index contributed by atoms with van der Waals surface area (Å²) in [5.74, 6) is 2.03. The van der Waals surface area contributed by atoms with Crippen molar-refractivity contribution >= 4 is 21.7 Å². The van der Waals surface area contributed by atoms with Crippen LogP contribution in [0.25, 0.3) is 11.3 Å². The first kappa shape index (κ1) is 13.6. The van der Waals surface area contributed by atoms with E-state index >= 15 is 0 Å². The molecule has 3 nitrogen and oxygen atoms in total. The fourth-order valence-corrected chi connectivity index (χ4v) is 3.01. The van der Waals surface area contributed by atoms with Crippen LogP contribution in [0.15, 0.2) is 22.7 Å². The molecule has 0 atom stereocenters. The monoisotopic (exact) mass is 337 g/mol. The number of imidazole rings is 1. The zero-order valence-electron chi connectivity index (χ0n) is 11.4. The highest BCUT2D eigenvalue weighted by Crippen LogP contribution is 2.43. The van der Waals surface area contributed by atoms with E-state index in [0.29, 0.717) is 16.2 Å². The maximum absolute atomic E-state index is 13.2. The van der Waals surface area contributed by atoms with E-state index in [4.69, 9.17) is 10.7 Å². The smallest absolute Gasteiger partial charge is 0.131 e. The maximum Gasteiger partial charge on any atom is 0.131 e. The Labute approximate surface area is 126 Å². The van der Waals surface area contributed by atoms with Gasteiger partial charge in [0.25, 0.3) is 0 Å². The molecule has 3 rings (SSSR count). The van der Waals surface area contributed by atoms with Crippen LogP contribution in [0.1, 0.15) is 37.9 Å². The van der Waals surface area contributed by atoms with Gasteiger partial charge in [-0.15, -0.1) is 0 Å². The van der Waals surface area contributed by atoms with Gasteiger partial charge < -0.3 is 10.3 Å². The summed E-state index contributed by atoms with van der Waals surface area (Å²) >= 11 is 3.40. The Kier molecular flexibility index (Phi) is 3.54. The third-order valence-corrected chi connectivity index (χ3v) is 4.27. The van der Waals surface area contributed by atoms with Crippen molar-refractivity contribution in [2.24, 2.45) is 0 Å². The van der Waals surface area contributed by atoms with Gasteiger partial charge in [-0.3, -0.25) is 0 Å². The van der Waals surface area contributed by atoms with E-state index in [1.807, 2.05) is 0 Å². The molecule has 0 bridgehead atoms. The molecule has 20 heavy (non-hydrogen) atoms. The third-order valence-electron chi connectivity index (χ3n) is 3.61. The topological polar surface area (TPSA) is 43.8 Å². The highest BCUT2D eigenvalue weighted by atomic mass is 79.9. The fourth-order valence-electron chi connectivity index (χ4n) is 2.47. The number of halogens is 2. The van der Waals surface area contributed by atoms with E-state index in [1.165, 1.54) is 25.0 Å². The Balaban J connectivity index is 2.11. The molecule has 1 aliphatic carbocycles. The van der Waals surface area contributed by atoms with Crippen LogP contribution in [0.3, 0.4) is 0 Å². The van der Waals surface area contributed by atoms with Crippen molar-refractivity contribution < 1.29 is 4.39 Å². The van der Waals surface area contributed by atoms with Gasteiger partial charge in [0.15, 0.2) is 0 Å².